The Morgan fingerprint density at radius 1 is 1.08 bits per heavy atom. The van der Waals surface area contributed by atoms with Crippen molar-refractivity contribution in [2.24, 2.45) is 0 Å². The van der Waals surface area contributed by atoms with Gasteiger partial charge < -0.3 is 0 Å². The fourth-order valence-electron chi connectivity index (χ4n) is 2.40. The maximum atomic E-state index is 12.7. The number of aryl methyl sites for hydroxylation is 1. The Kier molecular flexibility index (Phi) is 4.66. The number of benzene rings is 1. The highest BCUT2D eigenvalue weighted by Gasteiger charge is 2.25. The van der Waals surface area contributed by atoms with Crippen molar-refractivity contribution in [3.8, 4) is 11.5 Å². The van der Waals surface area contributed by atoms with Gasteiger partial charge in [-0.25, -0.2) is 13.4 Å². The van der Waals surface area contributed by atoms with E-state index < -0.39 is 9.84 Å². The molecule has 0 aliphatic carbocycles. The van der Waals surface area contributed by atoms with Gasteiger partial charge in [0.05, 0.1) is 11.9 Å². The van der Waals surface area contributed by atoms with Crippen LogP contribution in [-0.4, -0.2) is 38.9 Å². The van der Waals surface area contributed by atoms with Gasteiger partial charge in [-0.3, -0.25) is 9.55 Å². The van der Waals surface area contributed by atoms with Gasteiger partial charge in [0.2, 0.25) is 15.0 Å². The highest BCUT2D eigenvalue weighted by molar-refractivity contribution is 7.91. The minimum absolute atomic E-state index is 0.0182. The summed E-state index contributed by atoms with van der Waals surface area (Å²) in [4.78, 5) is 8.16. The lowest BCUT2D eigenvalue weighted by molar-refractivity contribution is 0.568. The van der Waals surface area contributed by atoms with E-state index in [1.54, 1.807) is 10.8 Å². The van der Waals surface area contributed by atoms with Crippen LogP contribution in [0.25, 0.3) is 11.5 Å². The van der Waals surface area contributed by atoms with E-state index in [1.807, 2.05) is 37.3 Å². The second-order valence-electron chi connectivity index (χ2n) is 5.20. The highest BCUT2D eigenvalue weighted by Crippen LogP contribution is 2.19. The molecule has 2 aromatic heterocycles. The summed E-state index contributed by atoms with van der Waals surface area (Å²) >= 11 is 0. The first-order valence-electron chi connectivity index (χ1n) is 7.58. The Morgan fingerprint density at radius 3 is 2.54 bits per heavy atom. The van der Waals surface area contributed by atoms with Gasteiger partial charge in [-0.05, 0) is 18.9 Å². The molecule has 0 spiro atoms. The molecule has 3 rings (SSSR count). The Balaban J connectivity index is 1.90. The van der Waals surface area contributed by atoms with Crippen LogP contribution in [-0.2, 0) is 22.8 Å². The van der Waals surface area contributed by atoms with Gasteiger partial charge in [0.1, 0.15) is 5.69 Å². The number of hydrogen-bond acceptors (Lipinski definition) is 6. The smallest absolute Gasteiger partial charge is 0.250 e. The van der Waals surface area contributed by atoms with E-state index in [1.165, 1.54) is 12.4 Å². The molecule has 0 atom stereocenters. The van der Waals surface area contributed by atoms with Crippen LogP contribution in [0.1, 0.15) is 12.5 Å². The number of rotatable bonds is 6. The molecule has 0 fully saturated rings. The zero-order valence-corrected chi connectivity index (χ0v) is 14.0. The monoisotopic (exact) mass is 343 g/mol. The minimum Gasteiger partial charge on any atom is -0.297 e. The van der Waals surface area contributed by atoms with E-state index in [-0.39, 0.29) is 10.9 Å². The Morgan fingerprint density at radius 2 is 1.88 bits per heavy atom. The normalized spacial score (nSPS) is 11.5. The lowest BCUT2D eigenvalue weighted by atomic mass is 10.2. The van der Waals surface area contributed by atoms with Crippen LogP contribution in [0, 0.1) is 0 Å². The standard InChI is InChI=1S/C16H17N5O2S/c1-2-21-15(14-12-17-9-10-18-14)19-20-16(21)24(22,23)11-8-13-6-4-3-5-7-13/h3-7,9-10,12H,2,8,11H2,1H3. The van der Waals surface area contributed by atoms with Crippen LogP contribution in [0.4, 0.5) is 0 Å². The molecule has 0 aliphatic rings. The van der Waals surface area contributed by atoms with Gasteiger partial charge in [-0.15, -0.1) is 10.2 Å². The predicted octanol–water partition coefficient (Wildman–Crippen LogP) is 1.77. The molecule has 0 saturated heterocycles. The molecule has 0 bridgehead atoms. The predicted molar refractivity (Wildman–Crippen MR) is 88.9 cm³/mol. The Hall–Kier alpha value is -2.61. The van der Waals surface area contributed by atoms with Crippen molar-refractivity contribution in [2.45, 2.75) is 25.0 Å². The third-order valence-electron chi connectivity index (χ3n) is 3.61. The minimum atomic E-state index is -3.55. The lowest BCUT2D eigenvalue weighted by Crippen LogP contribution is -2.16. The first-order chi connectivity index (χ1) is 11.6. The quantitative estimate of drug-likeness (QED) is 0.677. The zero-order valence-electron chi connectivity index (χ0n) is 13.2. The summed E-state index contributed by atoms with van der Waals surface area (Å²) in [5, 5.41) is 7.89. The molecule has 0 saturated carbocycles. The molecule has 124 valence electrons. The van der Waals surface area contributed by atoms with Crippen molar-refractivity contribution in [2.75, 3.05) is 5.75 Å². The molecular weight excluding hydrogens is 326 g/mol. The fourth-order valence-corrected chi connectivity index (χ4v) is 3.80. The second kappa shape index (κ2) is 6.88. The molecule has 0 unspecified atom stereocenters. The van der Waals surface area contributed by atoms with Crippen molar-refractivity contribution >= 4 is 9.84 Å². The van der Waals surface area contributed by atoms with Gasteiger partial charge in [0.25, 0.3) is 0 Å². The highest BCUT2D eigenvalue weighted by atomic mass is 32.2. The fraction of sp³-hybridized carbons (Fsp3) is 0.250. The van der Waals surface area contributed by atoms with Crippen molar-refractivity contribution in [3.63, 3.8) is 0 Å². The van der Waals surface area contributed by atoms with Gasteiger partial charge in [-0.1, -0.05) is 30.3 Å². The van der Waals surface area contributed by atoms with E-state index in [0.717, 1.165) is 5.56 Å². The van der Waals surface area contributed by atoms with Crippen LogP contribution >= 0.6 is 0 Å². The third-order valence-corrected chi connectivity index (χ3v) is 5.21. The molecule has 0 aliphatic heterocycles. The van der Waals surface area contributed by atoms with E-state index in [9.17, 15) is 8.42 Å². The molecule has 0 N–H and O–H groups in total. The molecule has 0 radical (unpaired) electrons. The van der Waals surface area contributed by atoms with E-state index in [0.29, 0.717) is 24.5 Å². The topological polar surface area (TPSA) is 90.6 Å². The molecule has 24 heavy (non-hydrogen) atoms. The summed E-state index contributed by atoms with van der Waals surface area (Å²) in [7, 11) is -3.55. The first-order valence-corrected chi connectivity index (χ1v) is 9.23. The summed E-state index contributed by atoms with van der Waals surface area (Å²) in [5.74, 6) is 0.388. The zero-order chi connectivity index (χ0) is 17.0. The van der Waals surface area contributed by atoms with E-state index in [2.05, 4.69) is 20.2 Å². The number of sulfone groups is 1. The molecule has 8 heteroatoms. The molecular formula is C16H17N5O2S. The number of aromatic nitrogens is 5. The molecule has 7 nitrogen and oxygen atoms in total. The summed E-state index contributed by atoms with van der Waals surface area (Å²) < 4.78 is 26.9. The molecule has 3 aromatic rings. The molecule has 0 amide bonds. The van der Waals surface area contributed by atoms with Crippen LogP contribution in [0.2, 0.25) is 0 Å². The van der Waals surface area contributed by atoms with Crippen molar-refractivity contribution < 1.29 is 8.42 Å². The van der Waals surface area contributed by atoms with Crippen LogP contribution in [0.15, 0.2) is 54.1 Å². The third kappa shape index (κ3) is 3.33. The van der Waals surface area contributed by atoms with Crippen LogP contribution in [0.5, 0.6) is 0 Å². The van der Waals surface area contributed by atoms with Gasteiger partial charge in [0, 0.05) is 18.9 Å². The van der Waals surface area contributed by atoms with Crippen molar-refractivity contribution in [3.05, 3.63) is 54.5 Å². The van der Waals surface area contributed by atoms with Crippen LogP contribution < -0.4 is 0 Å². The first kappa shape index (κ1) is 16.3. The number of nitrogens with zero attached hydrogens (tertiary/aromatic N) is 5. The Labute approximate surface area is 140 Å². The molecule has 1 aromatic carbocycles. The maximum Gasteiger partial charge on any atom is 0.250 e. The SMILES string of the molecule is CCn1c(-c2cnccn2)nnc1S(=O)(=O)CCc1ccccc1. The van der Waals surface area contributed by atoms with E-state index in [4.69, 9.17) is 0 Å². The molecule has 2 heterocycles. The van der Waals surface area contributed by atoms with Crippen LogP contribution in [0.3, 0.4) is 0 Å². The van der Waals surface area contributed by atoms with Gasteiger partial charge >= 0.3 is 0 Å². The van der Waals surface area contributed by atoms with E-state index >= 15 is 0 Å². The average Bonchev–Trinajstić information content (AvgIpc) is 3.07. The van der Waals surface area contributed by atoms with Crippen molar-refractivity contribution in [1.82, 2.24) is 24.7 Å². The van der Waals surface area contributed by atoms with Gasteiger partial charge in [-0.2, -0.15) is 0 Å². The maximum absolute atomic E-state index is 12.7. The second-order valence-corrected chi connectivity index (χ2v) is 7.20. The number of hydrogen-bond donors (Lipinski definition) is 0. The summed E-state index contributed by atoms with van der Waals surface area (Å²) in [6.45, 7) is 2.28. The van der Waals surface area contributed by atoms with Crippen molar-refractivity contribution in [1.29, 1.82) is 0 Å². The summed E-state index contributed by atoms with van der Waals surface area (Å²) in [5.41, 5.74) is 1.47. The summed E-state index contributed by atoms with van der Waals surface area (Å²) in [6.07, 6.45) is 5.05. The summed E-state index contributed by atoms with van der Waals surface area (Å²) in [6, 6.07) is 9.50. The Bertz CT molecular complexity index is 908. The average molecular weight is 343 g/mol. The van der Waals surface area contributed by atoms with Gasteiger partial charge in [0.15, 0.2) is 5.82 Å². The lowest BCUT2D eigenvalue weighted by Gasteiger charge is -2.08. The largest absolute Gasteiger partial charge is 0.297 e.